The van der Waals surface area contributed by atoms with E-state index in [2.05, 4.69) is 94.8 Å². The molecule has 5 aromatic carbocycles. The molecule has 0 atom stereocenters. The molecule has 7 rings (SSSR count). The Hall–Kier alpha value is -3.36. The summed E-state index contributed by atoms with van der Waals surface area (Å²) in [6.45, 7) is 0. The first-order valence-corrected chi connectivity index (χ1v) is 10.9. The van der Waals surface area contributed by atoms with Crippen LogP contribution >= 0.6 is 15.9 Å². The van der Waals surface area contributed by atoms with Crippen molar-refractivity contribution in [3.05, 3.63) is 95.5 Å². The second-order valence-corrected chi connectivity index (χ2v) is 8.77. The molecule has 0 spiro atoms. The molecular formula is C28H15BrO. The van der Waals surface area contributed by atoms with Crippen molar-refractivity contribution in [1.82, 2.24) is 0 Å². The van der Waals surface area contributed by atoms with E-state index in [0.29, 0.717) is 0 Å². The summed E-state index contributed by atoms with van der Waals surface area (Å²) in [6, 6.07) is 32.5. The van der Waals surface area contributed by atoms with Crippen molar-refractivity contribution in [2.45, 2.75) is 0 Å². The molecule has 1 heterocycles. The lowest BCUT2D eigenvalue weighted by Gasteiger charge is -2.10. The third kappa shape index (κ3) is 2.07. The molecule has 0 bridgehead atoms. The zero-order chi connectivity index (χ0) is 19.8. The fourth-order valence-electron chi connectivity index (χ4n) is 5.03. The van der Waals surface area contributed by atoms with Crippen LogP contribution in [0.3, 0.4) is 0 Å². The Morgan fingerprint density at radius 3 is 2.00 bits per heavy atom. The highest BCUT2D eigenvalue weighted by Crippen LogP contribution is 2.50. The molecule has 1 aromatic heterocycles. The monoisotopic (exact) mass is 446 g/mol. The molecule has 0 saturated heterocycles. The Balaban J connectivity index is 1.59. The van der Waals surface area contributed by atoms with E-state index in [1.807, 2.05) is 12.1 Å². The zero-order valence-corrected chi connectivity index (χ0v) is 17.5. The zero-order valence-electron chi connectivity index (χ0n) is 15.9. The average Bonchev–Trinajstić information content (AvgIpc) is 3.31. The van der Waals surface area contributed by atoms with Gasteiger partial charge in [-0.3, -0.25) is 0 Å². The maximum Gasteiger partial charge on any atom is 0.143 e. The minimum atomic E-state index is 0.916. The third-order valence-corrected chi connectivity index (χ3v) is 6.79. The molecule has 30 heavy (non-hydrogen) atoms. The molecule has 0 radical (unpaired) electrons. The highest BCUT2D eigenvalue weighted by atomic mass is 79.9. The van der Waals surface area contributed by atoms with Gasteiger partial charge in [0.25, 0.3) is 0 Å². The minimum absolute atomic E-state index is 0.916. The maximum atomic E-state index is 6.36. The van der Waals surface area contributed by atoms with Gasteiger partial charge < -0.3 is 4.42 Å². The number of fused-ring (bicyclic) bond motifs is 6. The molecule has 0 fully saturated rings. The van der Waals surface area contributed by atoms with Gasteiger partial charge in [-0.1, -0.05) is 88.7 Å². The lowest BCUT2D eigenvalue weighted by molar-refractivity contribution is 0.670. The number of furan rings is 1. The number of rotatable bonds is 1. The van der Waals surface area contributed by atoms with Crippen LogP contribution in [0.4, 0.5) is 0 Å². The summed E-state index contributed by atoms with van der Waals surface area (Å²) in [5.41, 5.74) is 9.50. The van der Waals surface area contributed by atoms with Gasteiger partial charge in [-0.15, -0.1) is 0 Å². The Morgan fingerprint density at radius 1 is 0.500 bits per heavy atom. The van der Waals surface area contributed by atoms with Crippen molar-refractivity contribution in [3.8, 4) is 33.4 Å². The molecule has 0 unspecified atom stereocenters. The molecule has 2 heteroatoms. The van der Waals surface area contributed by atoms with Gasteiger partial charge in [0.05, 0.1) is 0 Å². The average molecular weight is 447 g/mol. The van der Waals surface area contributed by atoms with Crippen molar-refractivity contribution >= 4 is 48.6 Å². The first-order chi connectivity index (χ1) is 14.8. The van der Waals surface area contributed by atoms with Crippen LogP contribution in [0, 0.1) is 0 Å². The van der Waals surface area contributed by atoms with Crippen LogP contribution in [0.5, 0.6) is 0 Å². The predicted octanol–water partition coefficient (Wildman–Crippen LogP) is 8.82. The number of halogens is 1. The summed E-state index contributed by atoms with van der Waals surface area (Å²) >= 11 is 3.59. The quantitative estimate of drug-likeness (QED) is 0.245. The van der Waals surface area contributed by atoms with Crippen LogP contribution in [-0.2, 0) is 0 Å². The molecule has 6 aromatic rings. The van der Waals surface area contributed by atoms with Gasteiger partial charge in [0.1, 0.15) is 11.2 Å². The van der Waals surface area contributed by atoms with E-state index in [0.717, 1.165) is 32.0 Å². The standard InChI is InChI=1S/C28H15BrO/c29-16-11-14-26-25(15-16)24-10-4-9-23(28(24)30-26)19-12-13-22-18-6-2-1-5-17(18)20-7-3-8-21(19)27(20)22/h1-15H. The highest BCUT2D eigenvalue weighted by molar-refractivity contribution is 9.10. The van der Waals surface area contributed by atoms with Gasteiger partial charge in [0.2, 0.25) is 0 Å². The molecule has 1 aliphatic carbocycles. The number of benzene rings is 5. The topological polar surface area (TPSA) is 13.1 Å². The fourth-order valence-corrected chi connectivity index (χ4v) is 5.39. The highest BCUT2D eigenvalue weighted by Gasteiger charge is 2.23. The Morgan fingerprint density at radius 2 is 1.17 bits per heavy atom. The Bertz CT molecular complexity index is 1630. The van der Waals surface area contributed by atoms with Gasteiger partial charge in [0.15, 0.2) is 0 Å². The summed E-state index contributed by atoms with van der Waals surface area (Å²) in [5.74, 6) is 0. The van der Waals surface area contributed by atoms with Crippen LogP contribution in [-0.4, -0.2) is 0 Å². The van der Waals surface area contributed by atoms with Crippen molar-refractivity contribution in [2.24, 2.45) is 0 Å². The van der Waals surface area contributed by atoms with E-state index >= 15 is 0 Å². The summed E-state index contributed by atoms with van der Waals surface area (Å²) in [5, 5.41) is 4.90. The molecule has 140 valence electrons. The minimum Gasteiger partial charge on any atom is -0.455 e. The lowest BCUT2D eigenvalue weighted by atomic mass is 9.93. The molecule has 1 aliphatic rings. The molecule has 0 aliphatic heterocycles. The largest absolute Gasteiger partial charge is 0.455 e. The first-order valence-electron chi connectivity index (χ1n) is 10.1. The first kappa shape index (κ1) is 16.4. The van der Waals surface area contributed by atoms with E-state index in [4.69, 9.17) is 4.42 Å². The summed E-state index contributed by atoms with van der Waals surface area (Å²) in [6.07, 6.45) is 0. The van der Waals surface area contributed by atoms with Crippen LogP contribution in [0.25, 0.3) is 66.1 Å². The second-order valence-electron chi connectivity index (χ2n) is 7.86. The summed E-state index contributed by atoms with van der Waals surface area (Å²) in [4.78, 5) is 0. The van der Waals surface area contributed by atoms with Crippen molar-refractivity contribution in [3.63, 3.8) is 0 Å². The third-order valence-electron chi connectivity index (χ3n) is 6.30. The van der Waals surface area contributed by atoms with Gasteiger partial charge >= 0.3 is 0 Å². The van der Waals surface area contributed by atoms with Crippen LogP contribution in [0.15, 0.2) is 99.9 Å². The van der Waals surface area contributed by atoms with Gasteiger partial charge in [-0.05, 0) is 56.8 Å². The fraction of sp³-hybridized carbons (Fsp3) is 0. The van der Waals surface area contributed by atoms with Gasteiger partial charge in [-0.2, -0.15) is 0 Å². The van der Waals surface area contributed by atoms with E-state index in [-0.39, 0.29) is 0 Å². The van der Waals surface area contributed by atoms with E-state index in [1.54, 1.807) is 0 Å². The SMILES string of the molecule is Brc1ccc2oc3c(-c4ccc5c6c(cccc46)-c4ccccc4-5)cccc3c2c1. The molecule has 0 amide bonds. The summed E-state index contributed by atoms with van der Waals surface area (Å²) in [7, 11) is 0. The van der Waals surface area contributed by atoms with Crippen LogP contribution in [0.2, 0.25) is 0 Å². The summed E-state index contributed by atoms with van der Waals surface area (Å²) < 4.78 is 7.42. The maximum absolute atomic E-state index is 6.36. The second kappa shape index (κ2) is 5.84. The van der Waals surface area contributed by atoms with E-state index in [1.165, 1.54) is 38.6 Å². The number of hydrogen-bond donors (Lipinski definition) is 0. The van der Waals surface area contributed by atoms with E-state index in [9.17, 15) is 0 Å². The van der Waals surface area contributed by atoms with E-state index < -0.39 is 0 Å². The predicted molar refractivity (Wildman–Crippen MR) is 129 cm³/mol. The normalized spacial score (nSPS) is 12.2. The Labute approximate surface area is 181 Å². The van der Waals surface area contributed by atoms with Crippen molar-refractivity contribution in [1.29, 1.82) is 0 Å². The van der Waals surface area contributed by atoms with Crippen LogP contribution in [0.1, 0.15) is 0 Å². The number of para-hydroxylation sites is 1. The Kier molecular flexibility index (Phi) is 3.20. The van der Waals surface area contributed by atoms with Gasteiger partial charge in [-0.25, -0.2) is 0 Å². The van der Waals surface area contributed by atoms with Crippen molar-refractivity contribution < 1.29 is 4.42 Å². The van der Waals surface area contributed by atoms with Crippen molar-refractivity contribution in [2.75, 3.05) is 0 Å². The molecule has 1 nitrogen and oxygen atoms in total. The smallest absolute Gasteiger partial charge is 0.143 e. The number of hydrogen-bond acceptors (Lipinski definition) is 1. The van der Waals surface area contributed by atoms with Crippen LogP contribution < -0.4 is 0 Å². The molecule has 0 saturated carbocycles. The molecule has 0 N–H and O–H groups in total. The molecular weight excluding hydrogens is 432 g/mol. The lowest BCUT2D eigenvalue weighted by Crippen LogP contribution is -1.84. The van der Waals surface area contributed by atoms with Gasteiger partial charge in [0, 0.05) is 20.8 Å².